The highest BCUT2D eigenvalue weighted by atomic mass is 16.3. The molecule has 1 heterocycles. The van der Waals surface area contributed by atoms with Crippen molar-refractivity contribution in [2.75, 3.05) is 23.7 Å². The van der Waals surface area contributed by atoms with Crippen molar-refractivity contribution >= 4 is 11.6 Å². The third-order valence-electron chi connectivity index (χ3n) is 2.48. The third kappa shape index (κ3) is 4.49. The molecule has 0 atom stereocenters. The number of anilines is 2. The number of rotatable bonds is 7. The van der Waals surface area contributed by atoms with Crippen LogP contribution in [0.5, 0.6) is 0 Å². The Morgan fingerprint density at radius 3 is 2.28 bits per heavy atom. The van der Waals surface area contributed by atoms with Crippen LogP contribution in [0.3, 0.4) is 0 Å². The maximum atomic E-state index is 9.75. The Morgan fingerprint density at radius 1 is 1.17 bits per heavy atom. The van der Waals surface area contributed by atoms with Crippen molar-refractivity contribution in [3.63, 3.8) is 0 Å². The van der Waals surface area contributed by atoms with E-state index in [1.807, 2.05) is 6.92 Å². The van der Waals surface area contributed by atoms with Crippen molar-refractivity contribution in [1.29, 1.82) is 0 Å². The molecule has 1 aromatic heterocycles. The molecule has 0 saturated heterocycles. The van der Waals surface area contributed by atoms with Crippen molar-refractivity contribution in [3.8, 4) is 0 Å². The molecule has 0 spiro atoms. The quantitative estimate of drug-likeness (QED) is 0.693. The predicted octanol–water partition coefficient (Wildman–Crippen LogP) is 2.04. The number of hydrogen-bond acceptors (Lipinski definition) is 5. The molecule has 1 rings (SSSR count). The van der Waals surface area contributed by atoms with E-state index >= 15 is 0 Å². The Labute approximate surface area is 109 Å². The molecule has 1 aromatic rings. The summed E-state index contributed by atoms with van der Waals surface area (Å²) in [6.07, 6.45) is 3.49. The van der Waals surface area contributed by atoms with Crippen molar-refractivity contribution in [2.45, 2.75) is 46.1 Å². The van der Waals surface area contributed by atoms with Crippen LogP contribution in [0.25, 0.3) is 0 Å². The van der Waals surface area contributed by atoms with Gasteiger partial charge in [0.15, 0.2) is 0 Å². The van der Waals surface area contributed by atoms with Crippen molar-refractivity contribution in [3.05, 3.63) is 11.9 Å². The van der Waals surface area contributed by atoms with Gasteiger partial charge in [-0.05, 0) is 27.2 Å². The summed E-state index contributed by atoms with van der Waals surface area (Å²) in [4.78, 5) is 8.54. The van der Waals surface area contributed by atoms with Crippen LogP contribution in [0.1, 0.15) is 39.7 Å². The second-order valence-corrected chi connectivity index (χ2v) is 5.00. The molecule has 5 heteroatoms. The van der Waals surface area contributed by atoms with E-state index in [2.05, 4.69) is 27.5 Å². The fraction of sp³-hybridized carbons (Fsp3) is 0.692. The lowest BCUT2D eigenvalue weighted by molar-refractivity contribution is 0.0944. The van der Waals surface area contributed by atoms with E-state index in [1.54, 1.807) is 20.2 Å². The predicted molar refractivity (Wildman–Crippen MR) is 75.0 cm³/mol. The van der Waals surface area contributed by atoms with E-state index in [-0.39, 0.29) is 0 Å². The van der Waals surface area contributed by atoms with Gasteiger partial charge in [0.1, 0.15) is 18.0 Å². The van der Waals surface area contributed by atoms with Crippen LogP contribution in [0.2, 0.25) is 0 Å². The van der Waals surface area contributed by atoms with Gasteiger partial charge in [-0.25, -0.2) is 9.97 Å². The third-order valence-corrected chi connectivity index (χ3v) is 2.48. The molecule has 18 heavy (non-hydrogen) atoms. The average molecular weight is 252 g/mol. The fourth-order valence-corrected chi connectivity index (χ4v) is 1.67. The topological polar surface area (TPSA) is 70.1 Å². The molecule has 0 aliphatic heterocycles. The van der Waals surface area contributed by atoms with Crippen LogP contribution >= 0.6 is 0 Å². The maximum Gasteiger partial charge on any atom is 0.134 e. The van der Waals surface area contributed by atoms with Gasteiger partial charge in [0.25, 0.3) is 0 Å². The van der Waals surface area contributed by atoms with Gasteiger partial charge >= 0.3 is 0 Å². The highest BCUT2D eigenvalue weighted by Gasteiger charge is 2.15. The van der Waals surface area contributed by atoms with Crippen molar-refractivity contribution < 1.29 is 5.11 Å². The highest BCUT2D eigenvalue weighted by Crippen LogP contribution is 2.22. The van der Waals surface area contributed by atoms with E-state index in [0.717, 1.165) is 36.6 Å². The number of aliphatic hydroxyl groups is 1. The van der Waals surface area contributed by atoms with Gasteiger partial charge in [0.05, 0.1) is 5.60 Å². The van der Waals surface area contributed by atoms with Gasteiger partial charge in [-0.3, -0.25) is 0 Å². The standard InChI is InChI=1S/C13H24N4O/c1-5-7-10-11(14-6-2)16-9-17-12(10)15-8-13(3,4)18/h9,18H,5-8H2,1-4H3,(H2,14,15,16,17). The molecule has 0 bridgehead atoms. The van der Waals surface area contributed by atoms with E-state index in [4.69, 9.17) is 0 Å². The summed E-state index contributed by atoms with van der Waals surface area (Å²) in [5, 5.41) is 16.2. The Morgan fingerprint density at radius 2 is 1.78 bits per heavy atom. The summed E-state index contributed by atoms with van der Waals surface area (Å²) >= 11 is 0. The van der Waals surface area contributed by atoms with E-state index in [0.29, 0.717) is 6.54 Å². The summed E-state index contributed by atoms with van der Waals surface area (Å²) in [6, 6.07) is 0. The molecule has 0 aliphatic carbocycles. The molecular weight excluding hydrogens is 228 g/mol. The van der Waals surface area contributed by atoms with Gasteiger partial charge in [0, 0.05) is 18.7 Å². The number of nitrogens with one attached hydrogen (secondary N) is 2. The van der Waals surface area contributed by atoms with E-state index in [1.165, 1.54) is 0 Å². The average Bonchev–Trinajstić information content (AvgIpc) is 2.29. The lowest BCUT2D eigenvalue weighted by Crippen LogP contribution is -2.30. The molecule has 0 aliphatic rings. The summed E-state index contributed by atoms with van der Waals surface area (Å²) in [5.41, 5.74) is 0.332. The monoisotopic (exact) mass is 252 g/mol. The van der Waals surface area contributed by atoms with E-state index in [9.17, 15) is 5.11 Å². The lowest BCUT2D eigenvalue weighted by Gasteiger charge is -2.20. The molecule has 0 aromatic carbocycles. The lowest BCUT2D eigenvalue weighted by atomic mass is 10.1. The van der Waals surface area contributed by atoms with Gasteiger partial charge in [-0.2, -0.15) is 0 Å². The number of nitrogens with zero attached hydrogens (tertiary/aromatic N) is 2. The smallest absolute Gasteiger partial charge is 0.134 e. The number of hydrogen-bond donors (Lipinski definition) is 3. The minimum absolute atomic E-state index is 0.465. The second-order valence-electron chi connectivity index (χ2n) is 5.00. The van der Waals surface area contributed by atoms with Crippen LogP contribution < -0.4 is 10.6 Å². The summed E-state index contributed by atoms with van der Waals surface area (Å²) in [6.45, 7) is 9.01. The maximum absolute atomic E-state index is 9.75. The van der Waals surface area contributed by atoms with Gasteiger partial charge in [0.2, 0.25) is 0 Å². The zero-order valence-corrected chi connectivity index (χ0v) is 11.7. The molecule has 0 saturated carbocycles. The highest BCUT2D eigenvalue weighted by molar-refractivity contribution is 5.57. The fourth-order valence-electron chi connectivity index (χ4n) is 1.67. The zero-order chi connectivity index (χ0) is 13.6. The van der Waals surface area contributed by atoms with Crippen molar-refractivity contribution in [2.24, 2.45) is 0 Å². The van der Waals surface area contributed by atoms with Crippen LogP contribution in [-0.4, -0.2) is 33.8 Å². The Balaban J connectivity index is 2.91. The van der Waals surface area contributed by atoms with E-state index < -0.39 is 5.60 Å². The van der Waals surface area contributed by atoms with Gasteiger partial charge in [-0.1, -0.05) is 13.3 Å². The van der Waals surface area contributed by atoms with Crippen LogP contribution in [-0.2, 0) is 6.42 Å². The minimum Gasteiger partial charge on any atom is -0.389 e. The first-order valence-corrected chi connectivity index (χ1v) is 6.52. The SMILES string of the molecule is CCCc1c(NCC)ncnc1NCC(C)(C)O. The van der Waals surface area contributed by atoms with Crippen LogP contribution in [0.15, 0.2) is 6.33 Å². The molecular formula is C13H24N4O. The molecule has 0 unspecified atom stereocenters. The largest absolute Gasteiger partial charge is 0.389 e. The molecule has 0 radical (unpaired) electrons. The first-order chi connectivity index (χ1) is 8.48. The van der Waals surface area contributed by atoms with Crippen molar-refractivity contribution in [1.82, 2.24) is 9.97 Å². The van der Waals surface area contributed by atoms with Crippen LogP contribution in [0, 0.1) is 0 Å². The molecule has 0 amide bonds. The molecule has 3 N–H and O–H groups in total. The first kappa shape index (κ1) is 14.7. The Bertz CT molecular complexity index is 374. The Hall–Kier alpha value is -1.36. The first-order valence-electron chi connectivity index (χ1n) is 6.52. The number of aromatic nitrogens is 2. The minimum atomic E-state index is -0.757. The van der Waals surface area contributed by atoms with Gasteiger partial charge in [-0.15, -0.1) is 0 Å². The zero-order valence-electron chi connectivity index (χ0n) is 11.7. The normalized spacial score (nSPS) is 11.4. The summed E-state index contributed by atoms with van der Waals surface area (Å²) in [5.74, 6) is 1.69. The van der Waals surface area contributed by atoms with Gasteiger partial charge < -0.3 is 15.7 Å². The Kier molecular flexibility index (Phi) is 5.34. The summed E-state index contributed by atoms with van der Waals surface area (Å²) in [7, 11) is 0. The molecule has 102 valence electrons. The molecule has 5 nitrogen and oxygen atoms in total. The second kappa shape index (κ2) is 6.54. The van der Waals surface area contributed by atoms with Crippen LogP contribution in [0.4, 0.5) is 11.6 Å². The summed E-state index contributed by atoms with van der Waals surface area (Å²) < 4.78 is 0. The molecule has 0 fully saturated rings.